The second-order valence-electron chi connectivity index (χ2n) is 4.73. The Morgan fingerprint density at radius 3 is 2.93 bits per heavy atom. The van der Waals surface area contributed by atoms with E-state index in [2.05, 4.69) is 34.0 Å². The number of benzene rings is 1. The van der Waals surface area contributed by atoms with Crippen LogP contribution in [0.3, 0.4) is 0 Å². The molecule has 0 bridgehead atoms. The summed E-state index contributed by atoms with van der Waals surface area (Å²) in [6.45, 7) is 0. The Balaban J connectivity index is 1.90. The summed E-state index contributed by atoms with van der Waals surface area (Å²) in [4.78, 5) is 0. The molecule has 2 heteroatoms. The fourth-order valence-corrected chi connectivity index (χ4v) is 2.61. The number of aromatic nitrogens is 2. The molecule has 1 unspecified atom stereocenters. The van der Waals surface area contributed by atoms with E-state index >= 15 is 0 Å². The lowest BCUT2D eigenvalue weighted by Crippen LogP contribution is -1.97. The zero-order chi connectivity index (χ0) is 9.17. The molecule has 1 atom stereocenters. The standard InChI is InChI=1S/C12H12N2/c1-2-4-10-9(3-1)8-13-14(10)11-7-12(11)5-6-12/h1-4,8,11H,5-7H2. The smallest absolute Gasteiger partial charge is 0.0685 e. The van der Waals surface area contributed by atoms with Gasteiger partial charge >= 0.3 is 0 Å². The molecule has 2 aliphatic carbocycles. The minimum atomic E-state index is 0.689. The summed E-state index contributed by atoms with van der Waals surface area (Å²) >= 11 is 0. The van der Waals surface area contributed by atoms with Gasteiger partial charge in [0.1, 0.15) is 0 Å². The molecule has 2 saturated carbocycles. The van der Waals surface area contributed by atoms with Gasteiger partial charge in [0, 0.05) is 5.39 Å². The molecule has 0 N–H and O–H groups in total. The second kappa shape index (κ2) is 2.02. The van der Waals surface area contributed by atoms with Gasteiger partial charge in [0.15, 0.2) is 0 Å². The van der Waals surface area contributed by atoms with E-state index in [0.717, 1.165) is 0 Å². The van der Waals surface area contributed by atoms with Gasteiger partial charge in [-0.05, 0) is 30.7 Å². The van der Waals surface area contributed by atoms with Crippen LogP contribution in [0.25, 0.3) is 10.9 Å². The summed E-state index contributed by atoms with van der Waals surface area (Å²) in [5.74, 6) is 0. The van der Waals surface area contributed by atoms with Crippen molar-refractivity contribution in [2.75, 3.05) is 0 Å². The van der Waals surface area contributed by atoms with Crippen molar-refractivity contribution < 1.29 is 0 Å². The van der Waals surface area contributed by atoms with E-state index < -0.39 is 0 Å². The van der Waals surface area contributed by atoms with E-state index in [0.29, 0.717) is 11.5 Å². The fourth-order valence-electron chi connectivity index (χ4n) is 2.61. The number of rotatable bonds is 1. The van der Waals surface area contributed by atoms with Crippen LogP contribution in [0.4, 0.5) is 0 Å². The van der Waals surface area contributed by atoms with Crippen molar-refractivity contribution in [3.63, 3.8) is 0 Å². The molecule has 2 aliphatic rings. The molecule has 0 saturated heterocycles. The van der Waals surface area contributed by atoms with Crippen LogP contribution in [0.5, 0.6) is 0 Å². The first-order chi connectivity index (χ1) is 6.89. The Labute approximate surface area is 82.5 Å². The molecule has 2 aromatic rings. The highest BCUT2D eigenvalue weighted by molar-refractivity contribution is 5.78. The number of hydrogen-bond acceptors (Lipinski definition) is 1. The van der Waals surface area contributed by atoms with Gasteiger partial charge in [0.05, 0.1) is 17.8 Å². The molecule has 1 heterocycles. The summed E-state index contributed by atoms with van der Waals surface area (Å²) in [6, 6.07) is 9.20. The molecule has 0 radical (unpaired) electrons. The van der Waals surface area contributed by atoms with Gasteiger partial charge in [0.25, 0.3) is 0 Å². The summed E-state index contributed by atoms with van der Waals surface area (Å²) in [5, 5.41) is 5.78. The predicted molar refractivity (Wildman–Crippen MR) is 55.1 cm³/mol. The van der Waals surface area contributed by atoms with Gasteiger partial charge in [0.2, 0.25) is 0 Å². The topological polar surface area (TPSA) is 17.8 Å². The summed E-state index contributed by atoms with van der Waals surface area (Å²) in [5.41, 5.74) is 2.00. The summed E-state index contributed by atoms with van der Waals surface area (Å²) in [7, 11) is 0. The number of hydrogen-bond donors (Lipinski definition) is 0. The lowest BCUT2D eigenvalue weighted by Gasteiger charge is -2.00. The lowest BCUT2D eigenvalue weighted by atomic mass is 10.2. The van der Waals surface area contributed by atoms with Crippen molar-refractivity contribution in [2.24, 2.45) is 5.41 Å². The maximum Gasteiger partial charge on any atom is 0.0685 e. The fraction of sp³-hybridized carbons (Fsp3) is 0.417. The average Bonchev–Trinajstić information content (AvgIpc) is 3.11. The van der Waals surface area contributed by atoms with E-state index in [1.54, 1.807) is 0 Å². The SMILES string of the molecule is c1ccc2c(c1)cnn2C1CC12CC2. The minimum Gasteiger partial charge on any atom is -0.261 e. The first-order valence-electron chi connectivity index (χ1n) is 5.31. The molecule has 70 valence electrons. The molecular formula is C12H12N2. The third-order valence-corrected chi connectivity index (χ3v) is 3.84. The Morgan fingerprint density at radius 1 is 1.29 bits per heavy atom. The van der Waals surface area contributed by atoms with Crippen molar-refractivity contribution >= 4 is 10.9 Å². The van der Waals surface area contributed by atoms with Crippen LogP contribution in [-0.2, 0) is 0 Å². The minimum absolute atomic E-state index is 0.689. The van der Waals surface area contributed by atoms with Crippen LogP contribution in [0.15, 0.2) is 30.5 Å². The molecule has 0 aliphatic heterocycles. The maximum absolute atomic E-state index is 4.51. The van der Waals surface area contributed by atoms with Gasteiger partial charge in [-0.3, -0.25) is 4.68 Å². The van der Waals surface area contributed by atoms with E-state index in [1.807, 2.05) is 6.20 Å². The second-order valence-corrected chi connectivity index (χ2v) is 4.73. The van der Waals surface area contributed by atoms with Crippen LogP contribution in [0.2, 0.25) is 0 Å². The third kappa shape index (κ3) is 0.746. The zero-order valence-corrected chi connectivity index (χ0v) is 7.98. The van der Waals surface area contributed by atoms with E-state index in [9.17, 15) is 0 Å². The lowest BCUT2D eigenvalue weighted by molar-refractivity contribution is 0.602. The van der Waals surface area contributed by atoms with Gasteiger partial charge in [-0.25, -0.2) is 0 Å². The number of para-hydroxylation sites is 1. The highest BCUT2D eigenvalue weighted by atomic mass is 15.3. The van der Waals surface area contributed by atoms with Crippen molar-refractivity contribution in [1.82, 2.24) is 9.78 Å². The van der Waals surface area contributed by atoms with Crippen LogP contribution in [-0.4, -0.2) is 9.78 Å². The third-order valence-electron chi connectivity index (χ3n) is 3.84. The van der Waals surface area contributed by atoms with Crippen LogP contribution >= 0.6 is 0 Å². The average molecular weight is 184 g/mol. The van der Waals surface area contributed by atoms with Gasteiger partial charge in [-0.1, -0.05) is 18.2 Å². The molecule has 4 rings (SSSR count). The molecule has 1 aromatic heterocycles. The van der Waals surface area contributed by atoms with Crippen LogP contribution in [0.1, 0.15) is 25.3 Å². The normalized spacial score (nSPS) is 27.0. The Hall–Kier alpha value is -1.31. The molecule has 2 nitrogen and oxygen atoms in total. The quantitative estimate of drug-likeness (QED) is 0.666. The zero-order valence-electron chi connectivity index (χ0n) is 7.98. The van der Waals surface area contributed by atoms with Crippen molar-refractivity contribution in [3.8, 4) is 0 Å². The van der Waals surface area contributed by atoms with E-state index in [1.165, 1.54) is 30.2 Å². The number of fused-ring (bicyclic) bond motifs is 1. The van der Waals surface area contributed by atoms with Crippen molar-refractivity contribution in [2.45, 2.75) is 25.3 Å². The first kappa shape index (κ1) is 7.04. The van der Waals surface area contributed by atoms with Crippen LogP contribution < -0.4 is 0 Å². The van der Waals surface area contributed by atoms with Crippen molar-refractivity contribution in [3.05, 3.63) is 30.5 Å². The molecule has 1 spiro atoms. The molecule has 0 amide bonds. The number of nitrogens with zero attached hydrogens (tertiary/aromatic N) is 2. The van der Waals surface area contributed by atoms with E-state index in [-0.39, 0.29) is 0 Å². The van der Waals surface area contributed by atoms with Crippen molar-refractivity contribution in [1.29, 1.82) is 0 Å². The molecule has 2 fully saturated rings. The van der Waals surface area contributed by atoms with Crippen LogP contribution in [0, 0.1) is 5.41 Å². The highest BCUT2D eigenvalue weighted by Crippen LogP contribution is 2.73. The van der Waals surface area contributed by atoms with E-state index in [4.69, 9.17) is 0 Å². The molecular weight excluding hydrogens is 172 g/mol. The largest absolute Gasteiger partial charge is 0.261 e. The summed E-state index contributed by atoms with van der Waals surface area (Å²) in [6.07, 6.45) is 6.19. The maximum atomic E-state index is 4.51. The molecule has 1 aromatic carbocycles. The Bertz CT molecular complexity index is 508. The summed E-state index contributed by atoms with van der Waals surface area (Å²) < 4.78 is 2.24. The molecule has 14 heavy (non-hydrogen) atoms. The predicted octanol–water partition coefficient (Wildman–Crippen LogP) is 2.76. The Morgan fingerprint density at radius 2 is 2.14 bits per heavy atom. The van der Waals surface area contributed by atoms with Gasteiger partial charge in [-0.2, -0.15) is 5.10 Å². The van der Waals surface area contributed by atoms with Gasteiger partial charge in [-0.15, -0.1) is 0 Å². The Kier molecular flexibility index (Phi) is 1.02. The van der Waals surface area contributed by atoms with Gasteiger partial charge < -0.3 is 0 Å². The highest BCUT2D eigenvalue weighted by Gasteiger charge is 2.64. The monoisotopic (exact) mass is 184 g/mol. The first-order valence-corrected chi connectivity index (χ1v) is 5.31.